The van der Waals surface area contributed by atoms with Crippen molar-refractivity contribution >= 4 is 47.4 Å². The van der Waals surface area contributed by atoms with E-state index in [2.05, 4.69) is 16.0 Å². The van der Waals surface area contributed by atoms with Crippen molar-refractivity contribution in [1.82, 2.24) is 16.0 Å². The lowest BCUT2D eigenvalue weighted by Gasteiger charge is -2.24. The zero-order valence-electron chi connectivity index (χ0n) is 17.1. The van der Waals surface area contributed by atoms with Gasteiger partial charge in [-0.3, -0.25) is 28.8 Å². The zero-order valence-corrected chi connectivity index (χ0v) is 17.9. The number of amides is 3. The minimum Gasteiger partial charge on any atom is -0.481 e. The standard InChI is InChI=1S/C17H28N4O9S/c1-8(17(29)30)19-15(27)11(5-6-31-2)21-16(28)10(3-4-12(22)23)20-14(26)9(18)7-13(24)25/h8-11H,3-7,18H2,1-2H3,(H,19,27)(H,20,26)(H,21,28)(H,22,23)(H,24,25)(H,29,30). The van der Waals surface area contributed by atoms with Crippen molar-refractivity contribution in [2.45, 2.75) is 56.8 Å². The van der Waals surface area contributed by atoms with Crippen LogP contribution in [0.15, 0.2) is 0 Å². The lowest BCUT2D eigenvalue weighted by atomic mass is 10.1. The number of aliphatic carboxylic acids is 3. The van der Waals surface area contributed by atoms with Crippen LogP contribution in [0.4, 0.5) is 0 Å². The molecule has 0 saturated carbocycles. The maximum Gasteiger partial charge on any atom is 0.325 e. The van der Waals surface area contributed by atoms with Crippen LogP contribution in [-0.4, -0.2) is 87.1 Å². The smallest absolute Gasteiger partial charge is 0.325 e. The molecule has 0 radical (unpaired) electrons. The van der Waals surface area contributed by atoms with Crippen LogP contribution in [0, 0.1) is 0 Å². The molecule has 0 aliphatic rings. The van der Waals surface area contributed by atoms with Crippen molar-refractivity contribution in [3.05, 3.63) is 0 Å². The van der Waals surface area contributed by atoms with Gasteiger partial charge in [0.15, 0.2) is 0 Å². The minimum atomic E-state index is -1.47. The molecule has 4 atom stereocenters. The summed E-state index contributed by atoms with van der Waals surface area (Å²) in [7, 11) is 0. The first-order valence-corrected chi connectivity index (χ1v) is 10.6. The minimum absolute atomic E-state index is 0.142. The molecular weight excluding hydrogens is 436 g/mol. The average molecular weight is 464 g/mol. The highest BCUT2D eigenvalue weighted by Crippen LogP contribution is 2.05. The average Bonchev–Trinajstić information content (AvgIpc) is 2.66. The molecule has 0 aromatic carbocycles. The molecule has 0 rings (SSSR count). The Balaban J connectivity index is 5.37. The van der Waals surface area contributed by atoms with E-state index in [1.165, 1.54) is 18.7 Å². The molecule has 14 heteroatoms. The number of carboxylic acids is 3. The lowest BCUT2D eigenvalue weighted by molar-refractivity contribution is -0.141. The van der Waals surface area contributed by atoms with Gasteiger partial charge < -0.3 is 37.0 Å². The van der Waals surface area contributed by atoms with Crippen molar-refractivity contribution < 1.29 is 44.1 Å². The zero-order chi connectivity index (χ0) is 24.1. The van der Waals surface area contributed by atoms with Gasteiger partial charge in [-0.1, -0.05) is 0 Å². The Hall–Kier alpha value is -2.87. The predicted molar refractivity (Wildman–Crippen MR) is 109 cm³/mol. The van der Waals surface area contributed by atoms with E-state index >= 15 is 0 Å². The fraction of sp³-hybridized carbons (Fsp3) is 0.647. The number of rotatable bonds is 15. The summed E-state index contributed by atoms with van der Waals surface area (Å²) >= 11 is 1.38. The first-order chi connectivity index (χ1) is 14.4. The topological polar surface area (TPSA) is 225 Å². The van der Waals surface area contributed by atoms with Crippen LogP contribution in [0.2, 0.25) is 0 Å². The molecule has 4 unspecified atom stereocenters. The van der Waals surface area contributed by atoms with Crippen molar-refractivity contribution in [1.29, 1.82) is 0 Å². The number of nitrogens with one attached hydrogen (secondary N) is 3. The molecule has 176 valence electrons. The van der Waals surface area contributed by atoms with E-state index in [1.807, 2.05) is 0 Å². The van der Waals surface area contributed by atoms with Crippen LogP contribution in [0.25, 0.3) is 0 Å². The number of thioether (sulfide) groups is 1. The largest absolute Gasteiger partial charge is 0.481 e. The molecule has 0 aliphatic carbocycles. The summed E-state index contributed by atoms with van der Waals surface area (Å²) in [6.45, 7) is 1.24. The SMILES string of the molecule is CSCCC(NC(=O)C(CCC(=O)O)NC(=O)C(N)CC(=O)O)C(=O)NC(C)C(=O)O. The van der Waals surface area contributed by atoms with Gasteiger partial charge in [0.05, 0.1) is 12.5 Å². The Kier molecular flexibility index (Phi) is 12.9. The van der Waals surface area contributed by atoms with Crippen LogP contribution >= 0.6 is 11.8 Å². The third-order valence-electron chi connectivity index (χ3n) is 3.98. The molecule has 0 aromatic heterocycles. The van der Waals surface area contributed by atoms with Gasteiger partial charge in [-0.2, -0.15) is 11.8 Å². The molecular formula is C17H28N4O9S. The number of carbonyl (C=O) groups is 6. The third kappa shape index (κ3) is 11.8. The molecule has 0 fully saturated rings. The highest BCUT2D eigenvalue weighted by Gasteiger charge is 2.30. The Labute approximate surface area is 182 Å². The van der Waals surface area contributed by atoms with Crippen LogP contribution in [0.1, 0.15) is 32.6 Å². The van der Waals surface area contributed by atoms with Crippen molar-refractivity contribution in [2.75, 3.05) is 12.0 Å². The van der Waals surface area contributed by atoms with Crippen LogP contribution < -0.4 is 21.7 Å². The second-order valence-electron chi connectivity index (χ2n) is 6.61. The second-order valence-corrected chi connectivity index (χ2v) is 7.59. The van der Waals surface area contributed by atoms with E-state index < -0.39 is 72.6 Å². The van der Waals surface area contributed by atoms with Crippen LogP contribution in [-0.2, 0) is 28.8 Å². The van der Waals surface area contributed by atoms with Gasteiger partial charge in [-0.05, 0) is 31.8 Å². The molecule has 8 N–H and O–H groups in total. The van der Waals surface area contributed by atoms with Gasteiger partial charge in [0, 0.05) is 6.42 Å². The molecule has 0 bridgehead atoms. The third-order valence-corrected chi connectivity index (χ3v) is 4.63. The Morgan fingerprint density at radius 3 is 1.84 bits per heavy atom. The van der Waals surface area contributed by atoms with E-state index in [0.717, 1.165) is 0 Å². The normalized spacial score (nSPS) is 14.4. The maximum atomic E-state index is 12.7. The molecule has 0 saturated heterocycles. The molecule has 13 nitrogen and oxygen atoms in total. The van der Waals surface area contributed by atoms with Crippen LogP contribution in [0.5, 0.6) is 0 Å². The summed E-state index contributed by atoms with van der Waals surface area (Å²) in [6.07, 6.45) is 0.365. The van der Waals surface area contributed by atoms with E-state index in [1.54, 1.807) is 6.26 Å². The molecule has 3 amide bonds. The summed E-state index contributed by atoms with van der Waals surface area (Å²) in [5.74, 6) is -6.04. The number of hydrogen-bond donors (Lipinski definition) is 7. The Morgan fingerprint density at radius 1 is 0.839 bits per heavy atom. The number of hydrogen-bond acceptors (Lipinski definition) is 8. The lowest BCUT2D eigenvalue weighted by Crippen LogP contribution is -2.57. The van der Waals surface area contributed by atoms with Gasteiger partial charge in [0.1, 0.15) is 18.1 Å². The number of carboxylic acid groups (broad SMARTS) is 3. The molecule has 31 heavy (non-hydrogen) atoms. The van der Waals surface area contributed by atoms with Gasteiger partial charge in [0.2, 0.25) is 17.7 Å². The fourth-order valence-electron chi connectivity index (χ4n) is 2.25. The Bertz CT molecular complexity index is 689. The highest BCUT2D eigenvalue weighted by molar-refractivity contribution is 7.98. The van der Waals surface area contributed by atoms with Crippen molar-refractivity contribution in [3.8, 4) is 0 Å². The van der Waals surface area contributed by atoms with Gasteiger partial charge in [-0.25, -0.2) is 0 Å². The fourth-order valence-corrected chi connectivity index (χ4v) is 2.72. The predicted octanol–water partition coefficient (Wildman–Crippen LogP) is -2.03. The van der Waals surface area contributed by atoms with Crippen LogP contribution in [0.3, 0.4) is 0 Å². The van der Waals surface area contributed by atoms with E-state index in [0.29, 0.717) is 5.75 Å². The van der Waals surface area contributed by atoms with E-state index in [-0.39, 0.29) is 12.8 Å². The first kappa shape index (κ1) is 28.1. The molecule has 0 spiro atoms. The summed E-state index contributed by atoms with van der Waals surface area (Å²) in [5, 5.41) is 33.3. The molecule has 0 aliphatic heterocycles. The number of carbonyl (C=O) groups excluding carboxylic acids is 3. The first-order valence-electron chi connectivity index (χ1n) is 9.21. The van der Waals surface area contributed by atoms with Gasteiger partial charge in [0.25, 0.3) is 0 Å². The van der Waals surface area contributed by atoms with Crippen molar-refractivity contribution in [3.63, 3.8) is 0 Å². The summed E-state index contributed by atoms with van der Waals surface area (Å²) < 4.78 is 0. The van der Waals surface area contributed by atoms with E-state index in [4.69, 9.17) is 21.1 Å². The Morgan fingerprint density at radius 2 is 1.35 bits per heavy atom. The monoisotopic (exact) mass is 464 g/mol. The van der Waals surface area contributed by atoms with Crippen molar-refractivity contribution in [2.24, 2.45) is 5.73 Å². The maximum absolute atomic E-state index is 12.7. The summed E-state index contributed by atoms with van der Waals surface area (Å²) in [6, 6.07) is -5.22. The molecule has 0 aromatic rings. The second kappa shape index (κ2) is 14.2. The quantitative estimate of drug-likeness (QED) is 0.140. The van der Waals surface area contributed by atoms with Gasteiger partial charge >= 0.3 is 17.9 Å². The summed E-state index contributed by atoms with van der Waals surface area (Å²) in [4.78, 5) is 69.6. The highest BCUT2D eigenvalue weighted by atomic mass is 32.2. The molecule has 0 heterocycles. The number of nitrogens with two attached hydrogens (primary N) is 1. The van der Waals surface area contributed by atoms with E-state index in [9.17, 15) is 28.8 Å². The van der Waals surface area contributed by atoms with Gasteiger partial charge in [-0.15, -0.1) is 0 Å². The summed E-state index contributed by atoms with van der Waals surface area (Å²) in [5.41, 5.74) is 5.46.